The van der Waals surface area contributed by atoms with Gasteiger partial charge in [-0.1, -0.05) is 77.1 Å². The zero-order valence-electron chi connectivity index (χ0n) is 53.2. The first-order valence-electron chi connectivity index (χ1n) is 31.8. The van der Waals surface area contributed by atoms with E-state index in [1.54, 1.807) is 10.0 Å². The van der Waals surface area contributed by atoms with Crippen molar-refractivity contribution in [2.45, 2.75) is 123 Å². The number of benzene rings is 3. The molecule has 3 fully saturated rings. The van der Waals surface area contributed by atoms with Gasteiger partial charge in [0.2, 0.25) is 17.8 Å². The van der Waals surface area contributed by atoms with E-state index in [-0.39, 0.29) is 49.8 Å². The number of anilines is 2. The zero-order valence-corrected chi connectivity index (χ0v) is 54.0. The Bertz CT molecular complexity index is 3550. The normalized spacial score (nSPS) is 16.7. The molecule has 7 aromatic rings. The molecule has 6 heterocycles. The van der Waals surface area contributed by atoms with Crippen LogP contribution in [0.1, 0.15) is 101 Å². The number of piperidine rings is 1. The van der Waals surface area contributed by atoms with Gasteiger partial charge < -0.3 is 64.6 Å². The molecule has 0 bridgehead atoms. The maximum Gasteiger partial charge on any atom is 0.322 e. The average molecular weight is 1270 g/mol. The lowest BCUT2D eigenvalue weighted by Gasteiger charge is -2.35. The highest BCUT2D eigenvalue weighted by molar-refractivity contribution is 7.13. The minimum absolute atomic E-state index is 0.0103. The predicted octanol–water partition coefficient (Wildman–Crippen LogP) is 8.85. The Labute approximate surface area is 535 Å². The number of alkyl halides is 1. The number of ether oxygens (including phenoxy) is 7. The van der Waals surface area contributed by atoms with Gasteiger partial charge in [-0.15, -0.1) is 11.3 Å². The number of fused-ring (bicyclic) bond motifs is 2. The molecule has 0 spiro atoms. The first-order chi connectivity index (χ1) is 44.1. The Hall–Kier alpha value is -7.45. The lowest BCUT2D eigenvalue weighted by molar-refractivity contribution is -0.144. The smallest absolute Gasteiger partial charge is 0.322 e. The summed E-state index contributed by atoms with van der Waals surface area (Å²) in [6.45, 7) is 19.5. The Kier molecular flexibility index (Phi) is 23.2. The molecule has 4 aromatic heterocycles. The molecule has 1 saturated carbocycles. The SMILES string of the molecule is Cc1ncsc1-c1ccc(CNC(=O)[C@@H]2CCCN2C(=O)[C@@H](NC(=O)C2(F)CC2)C(C)(C)C)c(OCCOCCOCCOCCOCCOCCNc2ccc3c(-c4ccccc4CNc4nc(O[C@@H]5CCCNC5)nc5c(C(C)C)cnn45)nccc3c2)c1. The monoisotopic (exact) mass is 1270 g/mol. The molecule has 2 saturated heterocycles. The number of halogens is 1. The van der Waals surface area contributed by atoms with Crippen LogP contribution in [-0.4, -0.2) is 175 Å². The highest BCUT2D eigenvalue weighted by Crippen LogP contribution is 2.41. The first kappa shape index (κ1) is 66.5. The van der Waals surface area contributed by atoms with Crippen molar-refractivity contribution >= 4 is 57.1 Å². The Balaban J connectivity index is 0.583. The van der Waals surface area contributed by atoms with Crippen molar-refractivity contribution in [3.05, 3.63) is 107 Å². The van der Waals surface area contributed by atoms with Crippen LogP contribution in [-0.2, 0) is 51.2 Å². The fourth-order valence-electron chi connectivity index (χ4n) is 11.1. The minimum atomic E-state index is -1.92. The zero-order chi connectivity index (χ0) is 63.7. The summed E-state index contributed by atoms with van der Waals surface area (Å²) in [5.74, 6) is -0.0912. The van der Waals surface area contributed by atoms with E-state index in [2.05, 4.69) is 80.8 Å². The van der Waals surface area contributed by atoms with Crippen LogP contribution < -0.4 is 36.1 Å². The lowest BCUT2D eigenvalue weighted by atomic mass is 9.85. The van der Waals surface area contributed by atoms with Gasteiger partial charge in [0, 0.05) is 66.7 Å². The number of nitrogens with zero attached hydrogens (tertiary/aromatic N) is 7. The van der Waals surface area contributed by atoms with Crippen LogP contribution in [0.5, 0.6) is 11.8 Å². The predicted molar refractivity (Wildman–Crippen MR) is 347 cm³/mol. The number of nitrogens with one attached hydrogen (secondary N) is 5. The summed E-state index contributed by atoms with van der Waals surface area (Å²) in [5, 5.41) is 22.9. The van der Waals surface area contributed by atoms with Gasteiger partial charge >= 0.3 is 6.01 Å². The van der Waals surface area contributed by atoms with Crippen LogP contribution in [0.25, 0.3) is 38.1 Å². The minimum Gasteiger partial charge on any atom is -0.491 e. The Morgan fingerprint density at radius 1 is 0.813 bits per heavy atom. The van der Waals surface area contributed by atoms with Crippen molar-refractivity contribution in [2.75, 3.05) is 109 Å². The van der Waals surface area contributed by atoms with Gasteiger partial charge in [-0.05, 0) is 104 Å². The molecular weight excluding hydrogens is 1180 g/mol. The number of aryl methyl sites for hydroxylation is 1. The van der Waals surface area contributed by atoms with E-state index in [9.17, 15) is 18.8 Å². The second kappa shape index (κ2) is 31.7. The fraction of sp³-hybridized carbons (Fsp3) is 0.522. The maximum atomic E-state index is 14.7. The molecule has 0 unspecified atom stereocenters. The van der Waals surface area contributed by atoms with Crippen molar-refractivity contribution in [3.63, 3.8) is 0 Å². The van der Waals surface area contributed by atoms with Crippen molar-refractivity contribution in [2.24, 2.45) is 5.41 Å². The summed E-state index contributed by atoms with van der Waals surface area (Å²) < 4.78 is 57.8. The number of amides is 3. The number of likely N-dealkylation sites (tertiary alicyclic amines) is 1. The number of thiazole rings is 1. The molecular formula is C67H87FN12O10S. The fourth-order valence-corrected chi connectivity index (χ4v) is 11.9. The van der Waals surface area contributed by atoms with Crippen LogP contribution in [0.2, 0.25) is 0 Å². The third-order valence-electron chi connectivity index (χ3n) is 16.4. The molecule has 1 aliphatic carbocycles. The molecule has 22 nitrogen and oxygen atoms in total. The second-order valence-electron chi connectivity index (χ2n) is 24.6. The maximum absolute atomic E-state index is 14.7. The summed E-state index contributed by atoms with van der Waals surface area (Å²) in [7, 11) is 0. The molecule has 3 amide bonds. The van der Waals surface area contributed by atoms with Crippen molar-refractivity contribution < 1.29 is 51.9 Å². The number of pyridine rings is 1. The molecule has 5 N–H and O–H groups in total. The van der Waals surface area contributed by atoms with E-state index >= 15 is 0 Å². The van der Waals surface area contributed by atoms with E-state index in [0.29, 0.717) is 116 Å². The van der Waals surface area contributed by atoms with Crippen LogP contribution in [0.3, 0.4) is 0 Å². The summed E-state index contributed by atoms with van der Waals surface area (Å²) in [5.41, 5.74) is 7.49. The van der Waals surface area contributed by atoms with Gasteiger partial charge in [-0.3, -0.25) is 19.4 Å². The molecule has 0 radical (unpaired) electrons. The lowest BCUT2D eigenvalue weighted by Crippen LogP contribution is -2.58. The number of carbonyl (C=O) groups excluding carboxylic acids is 3. The Morgan fingerprint density at radius 2 is 1.55 bits per heavy atom. The number of hydrogen-bond donors (Lipinski definition) is 5. The molecule has 24 heteroatoms. The molecule has 3 aromatic carbocycles. The van der Waals surface area contributed by atoms with Gasteiger partial charge in [0.05, 0.1) is 94.0 Å². The molecule has 10 rings (SSSR count). The van der Waals surface area contributed by atoms with Crippen molar-refractivity contribution in [1.29, 1.82) is 0 Å². The number of carbonyl (C=O) groups is 3. The Morgan fingerprint density at radius 3 is 2.24 bits per heavy atom. The van der Waals surface area contributed by atoms with E-state index < -0.39 is 29.1 Å². The summed E-state index contributed by atoms with van der Waals surface area (Å²) >= 11 is 1.53. The van der Waals surface area contributed by atoms with Gasteiger partial charge in [0.1, 0.15) is 30.5 Å². The van der Waals surface area contributed by atoms with Gasteiger partial charge in [0.15, 0.2) is 11.3 Å². The highest BCUT2D eigenvalue weighted by atomic mass is 32.1. The van der Waals surface area contributed by atoms with Crippen LogP contribution in [0.15, 0.2) is 84.6 Å². The van der Waals surface area contributed by atoms with E-state index in [1.807, 2.05) is 76.5 Å². The first-order valence-corrected chi connectivity index (χ1v) is 32.7. The molecule has 488 valence electrons. The molecule has 3 aliphatic rings. The number of rotatable bonds is 34. The average Bonchev–Trinajstić information content (AvgIpc) is 2.03. The highest BCUT2D eigenvalue weighted by Gasteiger charge is 2.53. The second-order valence-corrected chi connectivity index (χ2v) is 25.4. The summed E-state index contributed by atoms with van der Waals surface area (Å²) in [6, 6.07) is 21.1. The molecule has 91 heavy (non-hydrogen) atoms. The molecule has 2 aliphatic heterocycles. The van der Waals surface area contributed by atoms with Crippen molar-refractivity contribution in [3.8, 4) is 33.5 Å². The third-order valence-corrected chi connectivity index (χ3v) is 17.4. The van der Waals surface area contributed by atoms with Crippen LogP contribution in [0, 0.1) is 12.3 Å². The standard InChI is InChI=1S/C67H87FN12O10S/c1-44(2)54-42-75-80-60(54)77-65(90-51-12-9-22-69-41-51)78-64(80)73-39-48-11-7-8-13-52(48)57-53-18-17-50(37-46(53)19-23-71-57)70-24-26-84-27-28-85-29-30-86-31-32-87-33-34-88-35-36-89-56-38-47(58-45(3)74-43-91-58)15-16-49(56)40-72-61(81)55-14-10-25-79(55)62(82)59(66(4,5)6)76-63(83)67(68)20-21-67/h7-8,11,13,15-19,23,37-38,42-44,51,55,59,69-70H,9-10,12,14,20-22,24-36,39-41H2,1-6H3,(H,72,81)(H,76,83)(H,73,77,78)/t51-,55+,59-/m1/s1. The van der Waals surface area contributed by atoms with E-state index in [1.165, 1.54) is 16.2 Å². The molecule has 3 atom stereocenters. The van der Waals surface area contributed by atoms with Gasteiger partial charge in [-0.25, -0.2) is 9.37 Å². The largest absolute Gasteiger partial charge is 0.491 e. The van der Waals surface area contributed by atoms with Gasteiger partial charge in [-0.2, -0.15) is 19.6 Å². The number of hydrogen-bond acceptors (Lipinski definition) is 19. The third kappa shape index (κ3) is 17.8. The van der Waals surface area contributed by atoms with Crippen LogP contribution >= 0.6 is 11.3 Å². The number of aromatic nitrogens is 6. The van der Waals surface area contributed by atoms with E-state index in [0.717, 1.165) is 92.1 Å². The van der Waals surface area contributed by atoms with Crippen LogP contribution in [0.4, 0.5) is 16.0 Å². The summed E-state index contributed by atoms with van der Waals surface area (Å²) in [6.07, 6.45) is 7.11. The van der Waals surface area contributed by atoms with Crippen molar-refractivity contribution in [1.82, 2.24) is 50.4 Å². The van der Waals surface area contributed by atoms with Gasteiger partial charge in [0.25, 0.3) is 5.91 Å². The van der Waals surface area contributed by atoms with E-state index in [4.69, 9.17) is 48.1 Å². The topological polar surface area (TPSA) is 248 Å². The quantitative estimate of drug-likeness (QED) is 0.0236. The summed E-state index contributed by atoms with van der Waals surface area (Å²) in [4.78, 5) is 61.8.